The highest BCUT2D eigenvalue weighted by atomic mass is 14.5. The molecular formula is C10H12. The van der Waals surface area contributed by atoms with E-state index in [1.165, 1.54) is 12.8 Å². The van der Waals surface area contributed by atoms with Crippen LogP contribution in [0.5, 0.6) is 0 Å². The molecule has 0 saturated heterocycles. The Balaban J connectivity index is 1.90. The summed E-state index contributed by atoms with van der Waals surface area (Å²) in [6.07, 6.45) is 12.3. The van der Waals surface area contributed by atoms with E-state index in [0.717, 1.165) is 23.7 Å². The van der Waals surface area contributed by atoms with Gasteiger partial charge in [0.05, 0.1) is 0 Å². The van der Waals surface area contributed by atoms with Crippen LogP contribution >= 0.6 is 0 Å². The lowest BCUT2D eigenvalue weighted by molar-refractivity contribution is 0.0186. The molecule has 4 atom stereocenters. The zero-order chi connectivity index (χ0) is 6.55. The summed E-state index contributed by atoms with van der Waals surface area (Å²) < 4.78 is 0. The molecule has 52 valence electrons. The van der Waals surface area contributed by atoms with Crippen molar-refractivity contribution in [3.8, 4) is 0 Å². The van der Waals surface area contributed by atoms with Crippen LogP contribution in [0.2, 0.25) is 0 Å². The van der Waals surface area contributed by atoms with E-state index in [1.54, 1.807) is 0 Å². The van der Waals surface area contributed by atoms with Crippen LogP contribution in [0.1, 0.15) is 12.8 Å². The Morgan fingerprint density at radius 3 is 1.70 bits per heavy atom. The molecule has 1 fully saturated rings. The van der Waals surface area contributed by atoms with Gasteiger partial charge in [-0.2, -0.15) is 0 Å². The number of fused-ring (bicyclic) bond motifs is 4. The predicted molar refractivity (Wildman–Crippen MR) is 41.5 cm³/mol. The molecule has 0 aromatic carbocycles. The van der Waals surface area contributed by atoms with Crippen molar-refractivity contribution in [2.45, 2.75) is 12.8 Å². The van der Waals surface area contributed by atoms with Crippen molar-refractivity contribution in [1.29, 1.82) is 0 Å². The average Bonchev–Trinajstić information content (AvgIpc) is 1.90. The molecule has 0 spiro atoms. The average molecular weight is 132 g/mol. The van der Waals surface area contributed by atoms with Crippen molar-refractivity contribution < 1.29 is 0 Å². The Morgan fingerprint density at radius 2 is 1.30 bits per heavy atom. The summed E-state index contributed by atoms with van der Waals surface area (Å²) in [5.41, 5.74) is 0. The largest absolute Gasteiger partial charge is 0.0882 e. The first-order valence-electron chi connectivity index (χ1n) is 4.30. The van der Waals surface area contributed by atoms with Crippen molar-refractivity contribution in [1.82, 2.24) is 0 Å². The number of hydrogen-bond donors (Lipinski definition) is 0. The summed E-state index contributed by atoms with van der Waals surface area (Å²) in [6, 6.07) is 0. The van der Waals surface area contributed by atoms with Gasteiger partial charge in [0.15, 0.2) is 0 Å². The molecule has 3 aliphatic rings. The van der Waals surface area contributed by atoms with Gasteiger partial charge in [-0.05, 0) is 36.5 Å². The molecule has 0 bridgehead atoms. The van der Waals surface area contributed by atoms with Crippen LogP contribution in [0.3, 0.4) is 0 Å². The van der Waals surface area contributed by atoms with E-state index in [0.29, 0.717) is 0 Å². The normalized spacial score (nSPS) is 54.4. The molecule has 1 saturated carbocycles. The first-order chi connectivity index (χ1) is 4.97. The van der Waals surface area contributed by atoms with Gasteiger partial charge in [-0.15, -0.1) is 0 Å². The Morgan fingerprint density at radius 1 is 0.800 bits per heavy atom. The minimum atomic E-state index is 0.995. The summed E-state index contributed by atoms with van der Waals surface area (Å²) in [5.74, 6) is 4.07. The summed E-state index contributed by atoms with van der Waals surface area (Å²) in [4.78, 5) is 0. The number of hydrogen-bond acceptors (Lipinski definition) is 0. The Bertz CT molecular complexity index is 188. The van der Waals surface area contributed by atoms with E-state index >= 15 is 0 Å². The zero-order valence-electron chi connectivity index (χ0n) is 6.03. The highest BCUT2D eigenvalue weighted by Crippen LogP contribution is 2.57. The van der Waals surface area contributed by atoms with Gasteiger partial charge in [0.2, 0.25) is 0 Å². The number of allylic oxidation sites excluding steroid dienone is 4. The molecule has 0 heterocycles. The van der Waals surface area contributed by atoms with E-state index in [9.17, 15) is 0 Å². The fraction of sp³-hybridized carbons (Fsp3) is 0.600. The van der Waals surface area contributed by atoms with Crippen LogP contribution in [0.4, 0.5) is 0 Å². The molecule has 0 amide bonds. The van der Waals surface area contributed by atoms with Crippen LogP contribution in [0.25, 0.3) is 0 Å². The third kappa shape index (κ3) is 0.416. The third-order valence-electron chi connectivity index (χ3n) is 3.52. The first kappa shape index (κ1) is 5.17. The number of rotatable bonds is 0. The fourth-order valence-corrected chi connectivity index (χ4v) is 2.82. The lowest BCUT2D eigenvalue weighted by Crippen LogP contribution is -2.49. The maximum atomic E-state index is 2.41. The van der Waals surface area contributed by atoms with Crippen molar-refractivity contribution in [3.05, 3.63) is 24.3 Å². The van der Waals surface area contributed by atoms with E-state index in [-0.39, 0.29) is 0 Å². The molecule has 0 heteroatoms. The second-order valence-electron chi connectivity index (χ2n) is 3.81. The highest BCUT2D eigenvalue weighted by molar-refractivity contribution is 5.24. The highest BCUT2D eigenvalue weighted by Gasteiger charge is 2.50. The van der Waals surface area contributed by atoms with Gasteiger partial charge < -0.3 is 0 Å². The topological polar surface area (TPSA) is 0 Å². The first-order valence-corrected chi connectivity index (χ1v) is 4.30. The molecule has 3 rings (SSSR count). The Hall–Kier alpha value is -0.520. The van der Waals surface area contributed by atoms with Crippen molar-refractivity contribution in [2.24, 2.45) is 23.7 Å². The van der Waals surface area contributed by atoms with E-state index < -0.39 is 0 Å². The summed E-state index contributed by atoms with van der Waals surface area (Å²) >= 11 is 0. The maximum Gasteiger partial charge on any atom is -0.0133 e. The Kier molecular flexibility index (Phi) is 0.803. The van der Waals surface area contributed by atoms with Crippen LogP contribution in [-0.2, 0) is 0 Å². The molecular weight excluding hydrogens is 120 g/mol. The lowest BCUT2D eigenvalue weighted by atomic mass is 9.48. The van der Waals surface area contributed by atoms with Gasteiger partial charge in [-0.25, -0.2) is 0 Å². The monoisotopic (exact) mass is 132 g/mol. The molecule has 0 aromatic heterocycles. The smallest absolute Gasteiger partial charge is 0.0133 e. The van der Waals surface area contributed by atoms with Crippen molar-refractivity contribution in [2.75, 3.05) is 0 Å². The van der Waals surface area contributed by atoms with Gasteiger partial charge >= 0.3 is 0 Å². The van der Waals surface area contributed by atoms with Gasteiger partial charge in [-0.3, -0.25) is 0 Å². The zero-order valence-corrected chi connectivity index (χ0v) is 6.03. The molecule has 0 nitrogen and oxygen atoms in total. The molecule has 0 N–H and O–H groups in total. The quantitative estimate of drug-likeness (QED) is 0.444. The van der Waals surface area contributed by atoms with E-state index in [1.807, 2.05) is 0 Å². The second-order valence-corrected chi connectivity index (χ2v) is 3.81. The minimum absolute atomic E-state index is 0.995. The van der Waals surface area contributed by atoms with Crippen LogP contribution in [0, 0.1) is 23.7 Å². The predicted octanol–water partition coefficient (Wildman–Crippen LogP) is 2.38. The molecule has 0 radical (unpaired) electrons. The van der Waals surface area contributed by atoms with Crippen LogP contribution in [-0.4, -0.2) is 0 Å². The summed E-state index contributed by atoms with van der Waals surface area (Å²) in [7, 11) is 0. The molecule has 10 heavy (non-hydrogen) atoms. The van der Waals surface area contributed by atoms with Gasteiger partial charge in [0.1, 0.15) is 0 Å². The van der Waals surface area contributed by atoms with Gasteiger partial charge in [0, 0.05) is 0 Å². The molecule has 3 aliphatic carbocycles. The van der Waals surface area contributed by atoms with Gasteiger partial charge in [0.25, 0.3) is 0 Å². The van der Waals surface area contributed by atoms with E-state index in [2.05, 4.69) is 24.3 Å². The summed E-state index contributed by atoms with van der Waals surface area (Å²) in [6.45, 7) is 0. The van der Waals surface area contributed by atoms with Crippen LogP contribution < -0.4 is 0 Å². The second kappa shape index (κ2) is 1.55. The SMILES string of the molecule is C1=CC[C@H]2[C@H]3C=C[C@H]3[C@H]2C1. The van der Waals surface area contributed by atoms with Crippen molar-refractivity contribution >= 4 is 0 Å². The molecule has 0 unspecified atom stereocenters. The third-order valence-corrected chi connectivity index (χ3v) is 3.52. The van der Waals surface area contributed by atoms with E-state index in [4.69, 9.17) is 0 Å². The van der Waals surface area contributed by atoms with Crippen molar-refractivity contribution in [3.63, 3.8) is 0 Å². The molecule has 0 aromatic rings. The van der Waals surface area contributed by atoms with Crippen LogP contribution in [0.15, 0.2) is 24.3 Å². The fourth-order valence-electron chi connectivity index (χ4n) is 2.82. The lowest BCUT2D eigenvalue weighted by Gasteiger charge is -2.56. The van der Waals surface area contributed by atoms with Gasteiger partial charge in [-0.1, -0.05) is 24.3 Å². The minimum Gasteiger partial charge on any atom is -0.0882 e. The maximum absolute atomic E-state index is 2.41. The standard InChI is InChI=1S/C10H12/c1-2-4-8-7(3-1)9-5-6-10(8)9/h1-2,5-10H,3-4H2/t7-,8+,9-,10+. The summed E-state index contributed by atoms with van der Waals surface area (Å²) in [5, 5.41) is 0. The Labute approximate surface area is 61.6 Å². The molecule has 0 aliphatic heterocycles.